The van der Waals surface area contributed by atoms with E-state index in [0.29, 0.717) is 11.7 Å². The smallest absolute Gasteiger partial charge is 0.232 e. The molecule has 1 N–H and O–H groups in total. The Labute approximate surface area is 126 Å². The summed E-state index contributed by atoms with van der Waals surface area (Å²) in [7, 11) is 0. The zero-order chi connectivity index (χ0) is 14.9. The number of benzene rings is 1. The van der Waals surface area contributed by atoms with Crippen LogP contribution in [-0.2, 0) is 5.41 Å². The van der Waals surface area contributed by atoms with Crippen LogP contribution in [0, 0.1) is 12.8 Å². The zero-order valence-corrected chi connectivity index (χ0v) is 13.0. The van der Waals surface area contributed by atoms with E-state index < -0.39 is 0 Å². The first-order valence-electron chi connectivity index (χ1n) is 7.70. The van der Waals surface area contributed by atoms with Crippen molar-refractivity contribution in [2.24, 2.45) is 5.92 Å². The van der Waals surface area contributed by atoms with Crippen LogP contribution in [0.2, 0.25) is 0 Å². The molecule has 1 aromatic heterocycles. The van der Waals surface area contributed by atoms with Gasteiger partial charge in [-0.2, -0.15) is 4.98 Å². The van der Waals surface area contributed by atoms with Crippen LogP contribution >= 0.6 is 0 Å². The molecular weight excluding hydrogens is 262 g/mol. The first-order valence-corrected chi connectivity index (χ1v) is 7.70. The molecule has 0 saturated carbocycles. The molecule has 0 bridgehead atoms. The van der Waals surface area contributed by atoms with Gasteiger partial charge in [-0.25, -0.2) is 0 Å². The Kier molecular flexibility index (Phi) is 3.81. The van der Waals surface area contributed by atoms with Crippen molar-refractivity contribution in [2.75, 3.05) is 13.1 Å². The van der Waals surface area contributed by atoms with E-state index in [0.717, 1.165) is 24.5 Å². The van der Waals surface area contributed by atoms with Crippen LogP contribution in [0.15, 0.2) is 28.8 Å². The Morgan fingerprint density at radius 2 is 2.10 bits per heavy atom. The normalized spacial score (nSPS) is 19.7. The minimum atomic E-state index is -0.0959. The van der Waals surface area contributed by atoms with Gasteiger partial charge in [0.05, 0.1) is 0 Å². The van der Waals surface area contributed by atoms with Crippen molar-refractivity contribution in [3.63, 3.8) is 0 Å². The molecule has 1 aliphatic rings. The van der Waals surface area contributed by atoms with Crippen molar-refractivity contribution in [3.8, 4) is 11.4 Å². The van der Waals surface area contributed by atoms with E-state index in [1.165, 1.54) is 18.4 Å². The lowest BCUT2D eigenvalue weighted by Gasteiger charge is -2.34. The van der Waals surface area contributed by atoms with Crippen LogP contribution in [0.25, 0.3) is 11.4 Å². The fourth-order valence-electron chi connectivity index (χ4n) is 3.06. The number of nitrogens with zero attached hydrogens (tertiary/aromatic N) is 2. The van der Waals surface area contributed by atoms with Crippen molar-refractivity contribution in [3.05, 3.63) is 35.7 Å². The van der Waals surface area contributed by atoms with Gasteiger partial charge in [0.15, 0.2) is 0 Å². The van der Waals surface area contributed by atoms with Crippen molar-refractivity contribution >= 4 is 0 Å². The van der Waals surface area contributed by atoms with Gasteiger partial charge in [0.1, 0.15) is 0 Å². The maximum absolute atomic E-state index is 5.60. The van der Waals surface area contributed by atoms with E-state index >= 15 is 0 Å². The largest absolute Gasteiger partial charge is 0.338 e. The first-order chi connectivity index (χ1) is 10.1. The second-order valence-corrected chi connectivity index (χ2v) is 6.50. The summed E-state index contributed by atoms with van der Waals surface area (Å²) >= 11 is 0. The number of rotatable bonds is 3. The highest BCUT2D eigenvalue weighted by atomic mass is 16.5. The summed E-state index contributed by atoms with van der Waals surface area (Å²) in [5.41, 5.74) is 2.12. The fraction of sp³-hybridized carbons (Fsp3) is 0.529. The molecule has 0 aliphatic carbocycles. The van der Waals surface area contributed by atoms with E-state index in [4.69, 9.17) is 4.52 Å². The topological polar surface area (TPSA) is 51.0 Å². The minimum absolute atomic E-state index is 0.0959. The molecule has 1 atom stereocenters. The lowest BCUT2D eigenvalue weighted by Crippen LogP contribution is -2.40. The van der Waals surface area contributed by atoms with Gasteiger partial charge in [-0.15, -0.1) is 0 Å². The molecule has 1 saturated heterocycles. The SMILES string of the molecule is Cc1ccccc1-c1noc(C(C)(C)C2CCCNC2)n1. The average molecular weight is 285 g/mol. The van der Waals surface area contributed by atoms with Gasteiger partial charge in [0.25, 0.3) is 0 Å². The molecule has 3 rings (SSSR count). The van der Waals surface area contributed by atoms with E-state index in [1.54, 1.807) is 0 Å². The van der Waals surface area contributed by atoms with Gasteiger partial charge in [-0.05, 0) is 44.3 Å². The summed E-state index contributed by atoms with van der Waals surface area (Å²) in [4.78, 5) is 4.68. The quantitative estimate of drug-likeness (QED) is 0.940. The number of nitrogens with one attached hydrogen (secondary N) is 1. The first kappa shape index (κ1) is 14.3. The van der Waals surface area contributed by atoms with Crippen LogP contribution in [0.5, 0.6) is 0 Å². The number of hydrogen-bond donors (Lipinski definition) is 1. The Morgan fingerprint density at radius 3 is 2.81 bits per heavy atom. The lowest BCUT2D eigenvalue weighted by molar-refractivity contribution is 0.196. The van der Waals surface area contributed by atoms with Gasteiger partial charge in [0.2, 0.25) is 11.7 Å². The predicted octanol–water partition coefficient (Wildman–Crippen LogP) is 3.32. The molecule has 1 unspecified atom stereocenters. The van der Waals surface area contributed by atoms with E-state index in [-0.39, 0.29) is 5.41 Å². The standard InChI is InChI=1S/C17H23N3O/c1-12-7-4-5-9-14(12)15-19-16(21-20-15)17(2,3)13-8-6-10-18-11-13/h4-5,7,9,13,18H,6,8,10-11H2,1-3H3. The molecule has 0 spiro atoms. The van der Waals surface area contributed by atoms with Crippen molar-refractivity contribution in [1.29, 1.82) is 0 Å². The molecule has 4 nitrogen and oxygen atoms in total. The molecule has 0 radical (unpaired) electrons. The molecule has 112 valence electrons. The molecule has 1 aliphatic heterocycles. The highest BCUT2D eigenvalue weighted by molar-refractivity contribution is 5.59. The van der Waals surface area contributed by atoms with Crippen molar-refractivity contribution in [2.45, 2.75) is 39.0 Å². The molecular formula is C17H23N3O. The molecule has 2 aromatic rings. The fourth-order valence-corrected chi connectivity index (χ4v) is 3.06. The molecule has 0 amide bonds. The lowest BCUT2D eigenvalue weighted by atomic mass is 9.75. The summed E-state index contributed by atoms with van der Waals surface area (Å²) < 4.78 is 5.60. The zero-order valence-electron chi connectivity index (χ0n) is 13.0. The van der Waals surface area contributed by atoms with Crippen molar-refractivity contribution in [1.82, 2.24) is 15.5 Å². The summed E-state index contributed by atoms with van der Waals surface area (Å²) in [5, 5.41) is 7.67. The van der Waals surface area contributed by atoms with E-state index in [1.807, 2.05) is 18.2 Å². The second kappa shape index (κ2) is 5.60. The Hall–Kier alpha value is -1.68. The van der Waals surface area contributed by atoms with E-state index in [9.17, 15) is 0 Å². The average Bonchev–Trinajstić information content (AvgIpc) is 2.99. The van der Waals surface area contributed by atoms with Gasteiger partial charge >= 0.3 is 0 Å². The summed E-state index contributed by atoms with van der Waals surface area (Å²) in [6.45, 7) is 8.63. The third kappa shape index (κ3) is 2.72. The predicted molar refractivity (Wildman–Crippen MR) is 83.1 cm³/mol. The third-order valence-electron chi connectivity index (χ3n) is 4.68. The minimum Gasteiger partial charge on any atom is -0.338 e. The number of aromatic nitrogens is 2. The van der Waals surface area contributed by atoms with Gasteiger partial charge in [0, 0.05) is 11.0 Å². The molecule has 4 heteroatoms. The second-order valence-electron chi connectivity index (χ2n) is 6.50. The Balaban J connectivity index is 1.89. The molecule has 1 aromatic carbocycles. The summed E-state index contributed by atoms with van der Waals surface area (Å²) in [6, 6.07) is 8.15. The highest BCUT2D eigenvalue weighted by Crippen LogP contribution is 2.35. The maximum Gasteiger partial charge on any atom is 0.232 e. The van der Waals surface area contributed by atoms with Crippen molar-refractivity contribution < 1.29 is 4.52 Å². The number of piperidine rings is 1. The Bertz CT molecular complexity index is 612. The third-order valence-corrected chi connectivity index (χ3v) is 4.68. The van der Waals surface area contributed by atoms with Crippen LogP contribution in [0.1, 0.15) is 38.1 Å². The monoisotopic (exact) mass is 285 g/mol. The van der Waals surface area contributed by atoms with Gasteiger partial charge in [-0.3, -0.25) is 0 Å². The van der Waals surface area contributed by atoms with E-state index in [2.05, 4.69) is 42.3 Å². The number of hydrogen-bond acceptors (Lipinski definition) is 4. The highest BCUT2D eigenvalue weighted by Gasteiger charge is 2.37. The van der Waals surface area contributed by atoms with Crippen LogP contribution in [0.4, 0.5) is 0 Å². The molecule has 1 fully saturated rings. The van der Waals surface area contributed by atoms with Crippen LogP contribution in [-0.4, -0.2) is 23.2 Å². The van der Waals surface area contributed by atoms with Gasteiger partial charge < -0.3 is 9.84 Å². The summed E-state index contributed by atoms with van der Waals surface area (Å²) in [5.74, 6) is 1.98. The molecule has 21 heavy (non-hydrogen) atoms. The number of aryl methyl sites for hydroxylation is 1. The maximum atomic E-state index is 5.60. The summed E-state index contributed by atoms with van der Waals surface area (Å²) in [6.07, 6.45) is 2.43. The van der Waals surface area contributed by atoms with Crippen LogP contribution in [0.3, 0.4) is 0 Å². The molecule has 2 heterocycles. The van der Waals surface area contributed by atoms with Crippen LogP contribution < -0.4 is 5.32 Å². The van der Waals surface area contributed by atoms with Gasteiger partial charge in [-0.1, -0.05) is 43.3 Å². The Morgan fingerprint density at radius 1 is 1.29 bits per heavy atom.